The Morgan fingerprint density at radius 3 is 2.45 bits per heavy atom. The molecule has 198 valence electrons. The van der Waals surface area contributed by atoms with Gasteiger partial charge in [-0.2, -0.15) is 5.26 Å². The molecule has 0 aliphatic heterocycles. The number of rotatable bonds is 13. The van der Waals surface area contributed by atoms with Gasteiger partial charge in [0.15, 0.2) is 11.5 Å². The van der Waals surface area contributed by atoms with E-state index in [9.17, 15) is 14.9 Å². The van der Waals surface area contributed by atoms with Crippen molar-refractivity contribution < 1.29 is 23.8 Å². The minimum absolute atomic E-state index is 0.0775. The standard InChI is InChI=1S/C27H29N5O5S/c1-4-6-25-31-32-27(38-25)30-26(34)20(17-28)15-19-7-12-23(24(16-19)35-5-2)37-14-13-36-22-10-8-21(9-11-22)29-18(3)33/h7-12,15-16H,4-6,13-14H2,1-3H3,(H,29,33)(H,30,32,34). The Balaban J connectivity index is 1.60. The first kappa shape index (κ1) is 28.1. The fraction of sp³-hybridized carbons (Fsp3) is 0.296. The van der Waals surface area contributed by atoms with Crippen molar-refractivity contribution in [1.29, 1.82) is 5.26 Å². The lowest BCUT2D eigenvalue weighted by Gasteiger charge is -2.13. The average molecular weight is 536 g/mol. The van der Waals surface area contributed by atoms with Crippen LogP contribution in [0.2, 0.25) is 0 Å². The van der Waals surface area contributed by atoms with Crippen molar-refractivity contribution in [2.24, 2.45) is 0 Å². The number of ether oxygens (including phenoxy) is 3. The maximum absolute atomic E-state index is 12.6. The summed E-state index contributed by atoms with van der Waals surface area (Å²) in [6, 6.07) is 14.1. The minimum Gasteiger partial charge on any atom is -0.490 e. The lowest BCUT2D eigenvalue weighted by molar-refractivity contribution is -0.114. The van der Waals surface area contributed by atoms with E-state index in [1.54, 1.807) is 42.5 Å². The summed E-state index contributed by atoms with van der Waals surface area (Å²) >= 11 is 1.29. The Morgan fingerprint density at radius 1 is 1.00 bits per heavy atom. The van der Waals surface area contributed by atoms with Crippen molar-refractivity contribution in [3.63, 3.8) is 0 Å². The largest absolute Gasteiger partial charge is 0.490 e. The molecule has 0 aliphatic carbocycles. The summed E-state index contributed by atoms with van der Waals surface area (Å²) in [5, 5.41) is 24.0. The average Bonchev–Trinajstić information content (AvgIpc) is 3.33. The fourth-order valence-corrected chi connectivity index (χ4v) is 4.09. The summed E-state index contributed by atoms with van der Waals surface area (Å²) in [4.78, 5) is 23.7. The van der Waals surface area contributed by atoms with Crippen molar-refractivity contribution in [3.05, 3.63) is 58.6 Å². The van der Waals surface area contributed by atoms with E-state index in [0.717, 1.165) is 17.8 Å². The molecule has 0 aliphatic rings. The van der Waals surface area contributed by atoms with Crippen LogP contribution in [0.25, 0.3) is 6.08 Å². The van der Waals surface area contributed by atoms with Gasteiger partial charge in [0.05, 0.1) is 6.61 Å². The zero-order valence-electron chi connectivity index (χ0n) is 21.4. The quantitative estimate of drug-likeness (QED) is 0.180. The number of nitriles is 1. The highest BCUT2D eigenvalue weighted by Gasteiger charge is 2.14. The van der Waals surface area contributed by atoms with Crippen molar-refractivity contribution in [2.45, 2.75) is 33.6 Å². The lowest BCUT2D eigenvalue weighted by atomic mass is 10.1. The van der Waals surface area contributed by atoms with Crippen LogP contribution in [0.3, 0.4) is 0 Å². The number of hydrogen-bond acceptors (Lipinski definition) is 9. The molecule has 2 N–H and O–H groups in total. The minimum atomic E-state index is -0.563. The second kappa shape index (κ2) is 14.3. The fourth-order valence-electron chi connectivity index (χ4n) is 3.25. The summed E-state index contributed by atoms with van der Waals surface area (Å²) in [5.41, 5.74) is 1.22. The predicted octanol–water partition coefficient (Wildman–Crippen LogP) is 4.85. The van der Waals surface area contributed by atoms with Crippen LogP contribution in [-0.2, 0) is 16.0 Å². The van der Waals surface area contributed by atoms with Crippen molar-refractivity contribution >= 4 is 40.0 Å². The van der Waals surface area contributed by atoms with E-state index in [-0.39, 0.29) is 24.7 Å². The maximum Gasteiger partial charge on any atom is 0.268 e. The number of benzene rings is 2. The normalized spacial score (nSPS) is 10.8. The van der Waals surface area contributed by atoms with Crippen LogP contribution >= 0.6 is 11.3 Å². The predicted molar refractivity (Wildman–Crippen MR) is 145 cm³/mol. The third kappa shape index (κ3) is 8.60. The van der Waals surface area contributed by atoms with Gasteiger partial charge in [-0.15, -0.1) is 10.2 Å². The molecular formula is C27H29N5O5S. The first-order valence-corrected chi connectivity index (χ1v) is 12.9. The van der Waals surface area contributed by atoms with Gasteiger partial charge in [0.2, 0.25) is 11.0 Å². The third-order valence-electron chi connectivity index (χ3n) is 4.88. The molecule has 0 saturated carbocycles. The first-order valence-electron chi connectivity index (χ1n) is 12.1. The highest BCUT2D eigenvalue weighted by molar-refractivity contribution is 7.15. The highest BCUT2D eigenvalue weighted by Crippen LogP contribution is 2.30. The summed E-state index contributed by atoms with van der Waals surface area (Å²) in [7, 11) is 0. The summed E-state index contributed by atoms with van der Waals surface area (Å²) in [6.07, 6.45) is 3.18. The van der Waals surface area contributed by atoms with Crippen LogP contribution in [-0.4, -0.2) is 41.8 Å². The molecule has 0 atom stereocenters. The number of aromatic nitrogens is 2. The number of carbonyl (C=O) groups is 2. The van der Waals surface area contributed by atoms with Gasteiger partial charge in [0, 0.05) is 19.0 Å². The van der Waals surface area contributed by atoms with Crippen LogP contribution in [0.5, 0.6) is 17.2 Å². The van der Waals surface area contributed by atoms with Gasteiger partial charge in [-0.1, -0.05) is 24.3 Å². The lowest BCUT2D eigenvalue weighted by Crippen LogP contribution is -2.13. The van der Waals surface area contributed by atoms with Gasteiger partial charge in [-0.05, 0) is 61.4 Å². The summed E-state index contributed by atoms with van der Waals surface area (Å²) in [5.74, 6) is 0.929. The molecule has 2 aromatic carbocycles. The molecular weight excluding hydrogens is 506 g/mol. The molecule has 0 fully saturated rings. The van der Waals surface area contributed by atoms with Crippen LogP contribution in [0, 0.1) is 11.3 Å². The molecule has 38 heavy (non-hydrogen) atoms. The van der Waals surface area contributed by atoms with Crippen molar-refractivity contribution in [2.75, 3.05) is 30.5 Å². The number of anilines is 2. The number of hydrogen-bond donors (Lipinski definition) is 2. The molecule has 11 heteroatoms. The monoisotopic (exact) mass is 535 g/mol. The van der Waals surface area contributed by atoms with E-state index >= 15 is 0 Å². The van der Waals surface area contributed by atoms with Crippen molar-refractivity contribution in [3.8, 4) is 23.3 Å². The molecule has 2 amide bonds. The topological polar surface area (TPSA) is 135 Å². The molecule has 1 heterocycles. The van der Waals surface area contributed by atoms with E-state index in [0.29, 0.717) is 40.2 Å². The zero-order valence-corrected chi connectivity index (χ0v) is 22.3. The molecule has 10 nitrogen and oxygen atoms in total. The van der Waals surface area contributed by atoms with Gasteiger partial charge in [-0.3, -0.25) is 14.9 Å². The van der Waals surface area contributed by atoms with E-state index in [4.69, 9.17) is 14.2 Å². The van der Waals surface area contributed by atoms with Crippen molar-refractivity contribution in [1.82, 2.24) is 10.2 Å². The van der Waals surface area contributed by atoms with Gasteiger partial charge >= 0.3 is 0 Å². The SMILES string of the molecule is CCCc1nnc(NC(=O)C(C#N)=Cc2ccc(OCCOc3ccc(NC(C)=O)cc3)c(OCC)c2)s1. The molecule has 1 aromatic heterocycles. The van der Waals surface area contributed by atoms with Gasteiger partial charge in [-0.25, -0.2) is 0 Å². The van der Waals surface area contributed by atoms with Gasteiger partial charge in [0.1, 0.15) is 35.6 Å². The second-order valence-corrected chi connectivity index (χ2v) is 8.98. The maximum atomic E-state index is 12.6. The van der Waals surface area contributed by atoms with E-state index in [1.165, 1.54) is 24.3 Å². The third-order valence-corrected chi connectivity index (χ3v) is 5.78. The molecule has 0 saturated heterocycles. The second-order valence-electron chi connectivity index (χ2n) is 7.92. The first-order chi connectivity index (χ1) is 18.4. The zero-order chi connectivity index (χ0) is 27.3. The molecule has 0 bridgehead atoms. The Kier molecular flexibility index (Phi) is 10.6. The van der Waals surface area contributed by atoms with Crippen LogP contribution in [0.1, 0.15) is 37.8 Å². The smallest absolute Gasteiger partial charge is 0.268 e. The summed E-state index contributed by atoms with van der Waals surface area (Å²) < 4.78 is 17.2. The van der Waals surface area contributed by atoms with Crippen LogP contribution in [0.4, 0.5) is 10.8 Å². The Labute approximate surface area is 225 Å². The molecule has 0 unspecified atom stereocenters. The van der Waals surface area contributed by atoms with Crippen LogP contribution < -0.4 is 24.8 Å². The number of nitrogens with zero attached hydrogens (tertiary/aromatic N) is 3. The number of amides is 2. The number of nitrogens with one attached hydrogen (secondary N) is 2. The van der Waals surface area contributed by atoms with E-state index < -0.39 is 5.91 Å². The molecule has 0 spiro atoms. The molecule has 3 rings (SSSR count). The Bertz CT molecular complexity index is 1310. The Hall–Kier alpha value is -4.43. The highest BCUT2D eigenvalue weighted by atomic mass is 32.1. The molecule has 3 aromatic rings. The van der Waals surface area contributed by atoms with Gasteiger partial charge in [0.25, 0.3) is 5.91 Å². The molecule has 0 radical (unpaired) electrons. The number of aryl methyl sites for hydroxylation is 1. The summed E-state index contributed by atoms with van der Waals surface area (Å²) in [6.45, 7) is 6.29. The van der Waals surface area contributed by atoms with Crippen LogP contribution in [0.15, 0.2) is 48.0 Å². The van der Waals surface area contributed by atoms with E-state index in [1.807, 2.05) is 19.9 Å². The van der Waals surface area contributed by atoms with Gasteiger partial charge < -0.3 is 19.5 Å². The Morgan fingerprint density at radius 2 is 1.76 bits per heavy atom. The number of carbonyl (C=O) groups excluding carboxylic acids is 2. The van der Waals surface area contributed by atoms with E-state index in [2.05, 4.69) is 20.8 Å².